The predicted molar refractivity (Wildman–Crippen MR) is 77.9 cm³/mol. The van der Waals surface area contributed by atoms with Gasteiger partial charge in [-0.15, -0.1) is 16.4 Å². The highest BCUT2D eigenvalue weighted by Gasteiger charge is 2.13. The van der Waals surface area contributed by atoms with Crippen LogP contribution in [0.5, 0.6) is 0 Å². The Bertz CT molecular complexity index is 965. The van der Waals surface area contributed by atoms with Gasteiger partial charge < -0.3 is 4.42 Å². The van der Waals surface area contributed by atoms with Crippen LogP contribution in [0, 0.1) is 0 Å². The molecule has 0 aliphatic rings. The molecule has 0 aliphatic carbocycles. The summed E-state index contributed by atoms with van der Waals surface area (Å²) in [7, 11) is 0. The number of aromatic nitrogens is 3. The van der Waals surface area contributed by atoms with Gasteiger partial charge in [-0.05, 0) is 29.7 Å². The van der Waals surface area contributed by atoms with Crippen molar-refractivity contribution in [3.05, 3.63) is 55.7 Å². The minimum atomic E-state index is -0.149. The van der Waals surface area contributed by atoms with Gasteiger partial charge in [-0.3, -0.25) is 4.79 Å². The van der Waals surface area contributed by atoms with Crippen molar-refractivity contribution in [1.82, 2.24) is 14.6 Å². The van der Waals surface area contributed by atoms with Crippen molar-refractivity contribution in [2.45, 2.75) is 0 Å². The zero-order valence-electron chi connectivity index (χ0n) is 10.0. The fraction of sp³-hybridized carbons (Fsp3) is 0. The van der Waals surface area contributed by atoms with Gasteiger partial charge in [0.2, 0.25) is 10.8 Å². The number of fused-ring (bicyclic) bond motifs is 1. The first-order valence-corrected chi connectivity index (χ1v) is 7.49. The summed E-state index contributed by atoms with van der Waals surface area (Å²) in [5.41, 5.74) is -0.149. The fourth-order valence-electron chi connectivity index (χ4n) is 1.85. The van der Waals surface area contributed by atoms with E-state index in [-0.39, 0.29) is 5.56 Å². The molecule has 4 rings (SSSR count). The van der Waals surface area contributed by atoms with Crippen molar-refractivity contribution in [1.29, 1.82) is 0 Å². The predicted octanol–water partition coefficient (Wildman–Crippen LogP) is 2.02. The van der Waals surface area contributed by atoms with E-state index in [1.165, 1.54) is 15.9 Å². The van der Waals surface area contributed by atoms with Crippen molar-refractivity contribution in [3.63, 3.8) is 0 Å². The first kappa shape index (κ1) is 11.6. The highest BCUT2D eigenvalue weighted by molar-refractivity contribution is 7.15. The standard InChI is InChI=1S/C13H7N3O2S2/c17-12-10(7-8-3-2-6-19-8)20-13-14-11(15-16(12)13)9-4-1-5-18-9/h1-7H. The normalized spacial score (nSPS) is 12.5. The Morgan fingerprint density at radius 1 is 1.30 bits per heavy atom. The lowest BCUT2D eigenvalue weighted by molar-refractivity contribution is 0.577. The summed E-state index contributed by atoms with van der Waals surface area (Å²) in [5, 5.41) is 6.17. The van der Waals surface area contributed by atoms with E-state index in [1.54, 1.807) is 29.7 Å². The average Bonchev–Trinajstić information content (AvgIpc) is 3.19. The molecular weight excluding hydrogens is 294 g/mol. The number of furan rings is 1. The quantitative estimate of drug-likeness (QED) is 0.568. The van der Waals surface area contributed by atoms with E-state index in [1.807, 2.05) is 23.6 Å². The van der Waals surface area contributed by atoms with Gasteiger partial charge in [0.15, 0.2) is 5.76 Å². The van der Waals surface area contributed by atoms with Gasteiger partial charge in [0, 0.05) is 4.88 Å². The number of thiazole rings is 1. The molecule has 7 heteroatoms. The molecule has 0 amide bonds. The summed E-state index contributed by atoms with van der Waals surface area (Å²) in [6.45, 7) is 0. The van der Waals surface area contributed by atoms with E-state index >= 15 is 0 Å². The van der Waals surface area contributed by atoms with E-state index in [0.29, 0.717) is 21.1 Å². The molecule has 0 atom stereocenters. The molecular formula is C13H7N3O2S2. The van der Waals surface area contributed by atoms with E-state index < -0.39 is 0 Å². The maximum Gasteiger partial charge on any atom is 0.291 e. The molecule has 0 N–H and O–H groups in total. The lowest BCUT2D eigenvalue weighted by Crippen LogP contribution is -2.23. The van der Waals surface area contributed by atoms with Crippen LogP contribution in [0.25, 0.3) is 22.6 Å². The van der Waals surface area contributed by atoms with Crippen LogP contribution in [0.4, 0.5) is 0 Å². The second-order valence-corrected chi connectivity index (χ2v) is 6.03. The van der Waals surface area contributed by atoms with Crippen molar-refractivity contribution in [2.75, 3.05) is 0 Å². The largest absolute Gasteiger partial charge is 0.461 e. The maximum absolute atomic E-state index is 12.3. The first-order chi connectivity index (χ1) is 9.81. The van der Waals surface area contributed by atoms with Gasteiger partial charge in [0.25, 0.3) is 5.56 Å². The van der Waals surface area contributed by atoms with Crippen LogP contribution < -0.4 is 10.1 Å². The van der Waals surface area contributed by atoms with Gasteiger partial charge in [0.05, 0.1) is 10.8 Å². The second-order valence-electron chi connectivity index (χ2n) is 4.04. The number of hydrogen-bond acceptors (Lipinski definition) is 6. The summed E-state index contributed by atoms with van der Waals surface area (Å²) in [4.78, 5) is 18.2. The molecule has 0 spiro atoms. The first-order valence-electron chi connectivity index (χ1n) is 5.80. The van der Waals surface area contributed by atoms with Gasteiger partial charge in [0.1, 0.15) is 0 Å². The van der Waals surface area contributed by atoms with Crippen molar-refractivity contribution in [2.24, 2.45) is 0 Å². The zero-order valence-corrected chi connectivity index (χ0v) is 11.6. The zero-order chi connectivity index (χ0) is 13.5. The molecule has 0 bridgehead atoms. The molecule has 20 heavy (non-hydrogen) atoms. The Hall–Kier alpha value is -2.25. The molecule has 0 aliphatic heterocycles. The third kappa shape index (κ3) is 1.79. The van der Waals surface area contributed by atoms with Crippen molar-refractivity contribution >= 4 is 33.7 Å². The molecule has 0 radical (unpaired) electrons. The van der Waals surface area contributed by atoms with E-state index in [4.69, 9.17) is 4.42 Å². The minimum Gasteiger partial charge on any atom is -0.461 e. The topological polar surface area (TPSA) is 60.4 Å². The van der Waals surface area contributed by atoms with Crippen molar-refractivity contribution in [3.8, 4) is 11.6 Å². The maximum atomic E-state index is 12.3. The Balaban J connectivity index is 1.90. The average molecular weight is 301 g/mol. The molecule has 0 unspecified atom stereocenters. The lowest BCUT2D eigenvalue weighted by atomic mass is 10.4. The van der Waals surface area contributed by atoms with Crippen LogP contribution >= 0.6 is 22.7 Å². The molecule has 0 saturated heterocycles. The second kappa shape index (κ2) is 4.39. The minimum absolute atomic E-state index is 0.149. The monoisotopic (exact) mass is 301 g/mol. The molecule has 4 aromatic heterocycles. The van der Waals surface area contributed by atoms with Crippen LogP contribution in [0.1, 0.15) is 4.88 Å². The summed E-state index contributed by atoms with van der Waals surface area (Å²) in [5.74, 6) is 0.991. The van der Waals surface area contributed by atoms with E-state index in [9.17, 15) is 4.79 Å². The highest BCUT2D eigenvalue weighted by Crippen LogP contribution is 2.16. The lowest BCUT2D eigenvalue weighted by Gasteiger charge is -1.84. The Kier molecular flexibility index (Phi) is 2.54. The molecule has 4 heterocycles. The van der Waals surface area contributed by atoms with Crippen LogP contribution in [0.3, 0.4) is 0 Å². The summed E-state index contributed by atoms with van der Waals surface area (Å²) >= 11 is 2.91. The fourth-order valence-corrected chi connectivity index (χ4v) is 3.48. The van der Waals surface area contributed by atoms with Crippen LogP contribution in [-0.2, 0) is 0 Å². The van der Waals surface area contributed by atoms with Crippen molar-refractivity contribution < 1.29 is 4.42 Å². The number of hydrogen-bond donors (Lipinski definition) is 0. The molecule has 0 saturated carbocycles. The van der Waals surface area contributed by atoms with Crippen LogP contribution in [-0.4, -0.2) is 14.6 Å². The molecule has 5 nitrogen and oxygen atoms in total. The summed E-state index contributed by atoms with van der Waals surface area (Å²) in [6.07, 6.45) is 3.42. The SMILES string of the molecule is O=c1c(=Cc2cccs2)sc2nc(-c3ccco3)nn12. The Labute approximate surface area is 120 Å². The van der Waals surface area contributed by atoms with Gasteiger partial charge in [-0.2, -0.15) is 9.50 Å². The third-order valence-electron chi connectivity index (χ3n) is 2.74. The third-order valence-corrected chi connectivity index (χ3v) is 4.52. The molecule has 98 valence electrons. The highest BCUT2D eigenvalue weighted by atomic mass is 32.1. The van der Waals surface area contributed by atoms with E-state index in [2.05, 4.69) is 10.1 Å². The number of nitrogens with zero attached hydrogens (tertiary/aromatic N) is 3. The summed E-state index contributed by atoms with van der Waals surface area (Å²) < 4.78 is 7.19. The molecule has 4 aromatic rings. The number of rotatable bonds is 2. The smallest absolute Gasteiger partial charge is 0.291 e. The number of thiophene rings is 1. The molecule has 0 fully saturated rings. The Morgan fingerprint density at radius 2 is 2.25 bits per heavy atom. The van der Waals surface area contributed by atoms with Gasteiger partial charge in [-0.25, -0.2) is 0 Å². The van der Waals surface area contributed by atoms with Gasteiger partial charge in [-0.1, -0.05) is 17.4 Å². The van der Waals surface area contributed by atoms with Crippen LogP contribution in [0.15, 0.2) is 45.1 Å². The molecule has 0 aromatic carbocycles. The van der Waals surface area contributed by atoms with Gasteiger partial charge >= 0.3 is 0 Å². The van der Waals surface area contributed by atoms with E-state index in [0.717, 1.165) is 4.88 Å². The summed E-state index contributed by atoms with van der Waals surface area (Å²) in [6, 6.07) is 7.45. The van der Waals surface area contributed by atoms with Crippen LogP contribution in [0.2, 0.25) is 0 Å². The Morgan fingerprint density at radius 3 is 2.95 bits per heavy atom.